The molecule has 0 aromatic rings. The fourth-order valence-electron chi connectivity index (χ4n) is 2.48. The normalized spacial score (nSPS) is 27.2. The summed E-state index contributed by atoms with van der Waals surface area (Å²) < 4.78 is -0.0511. The fraction of sp³-hybridized carbons (Fsp3) is 1.00. The van der Waals surface area contributed by atoms with E-state index in [1.165, 1.54) is 38.5 Å². The molecule has 0 aliphatic heterocycles. The van der Waals surface area contributed by atoms with Crippen molar-refractivity contribution >= 4 is 74.3 Å². The van der Waals surface area contributed by atoms with Gasteiger partial charge in [0.25, 0.3) is 0 Å². The molecule has 2 fully saturated rings. The van der Waals surface area contributed by atoms with E-state index in [1.807, 2.05) is 21.6 Å². The molecule has 96 valence electrons. The van der Waals surface area contributed by atoms with Crippen LogP contribution in [-0.2, 0) is 0 Å². The van der Waals surface area contributed by atoms with Gasteiger partial charge in [0.15, 0.2) is 0 Å². The van der Waals surface area contributed by atoms with Crippen LogP contribution in [0.2, 0.25) is 0 Å². The van der Waals surface area contributed by atoms with Gasteiger partial charge in [-0.25, -0.2) is 0 Å². The summed E-state index contributed by atoms with van der Waals surface area (Å²) in [7, 11) is 3.71. The van der Waals surface area contributed by atoms with Crippen molar-refractivity contribution in [2.45, 2.75) is 72.6 Å². The molecular weight excluding hydrogens is 302 g/mol. The summed E-state index contributed by atoms with van der Waals surface area (Å²) in [6, 6.07) is 0. The van der Waals surface area contributed by atoms with Gasteiger partial charge in [0.1, 0.15) is 0 Å². The van der Waals surface area contributed by atoms with Crippen molar-refractivity contribution in [2.75, 3.05) is 0 Å². The van der Waals surface area contributed by atoms with Crippen LogP contribution in [0.4, 0.5) is 0 Å². The third-order valence-electron chi connectivity index (χ3n) is 3.54. The predicted octanol–water partition coefficient (Wildman–Crippen LogP) is 5.52. The van der Waals surface area contributed by atoms with Gasteiger partial charge < -0.3 is 0 Å². The minimum atomic E-state index is -0.0255. The van der Waals surface area contributed by atoms with Crippen LogP contribution in [0, 0.1) is 0 Å². The Bertz CT molecular complexity index is 203. The Hall–Kier alpha value is 2.28. The van der Waals surface area contributed by atoms with Crippen molar-refractivity contribution in [1.82, 2.24) is 0 Å². The Labute approximate surface area is 145 Å². The Morgan fingerprint density at radius 1 is 0.588 bits per heavy atom. The van der Waals surface area contributed by atoms with E-state index < -0.39 is 0 Å². The molecule has 2 rings (SSSR count). The van der Waals surface area contributed by atoms with Crippen LogP contribution in [0.5, 0.6) is 0 Å². The molecule has 0 aromatic carbocycles. The molecule has 0 bridgehead atoms. The third kappa shape index (κ3) is 5.65. The summed E-state index contributed by atoms with van der Waals surface area (Å²) >= 11 is 13.3. The van der Waals surface area contributed by atoms with Crippen LogP contribution < -0.4 is 0 Å². The van der Waals surface area contributed by atoms with E-state index in [0.717, 1.165) is 25.7 Å². The van der Waals surface area contributed by atoms with Gasteiger partial charge >= 0.3 is 29.6 Å². The first-order valence-electron chi connectivity index (χ1n) is 6.37. The molecule has 17 heavy (non-hydrogen) atoms. The van der Waals surface area contributed by atoms with Crippen LogP contribution in [-0.4, -0.2) is 38.0 Å². The second kappa shape index (κ2) is 7.90. The van der Waals surface area contributed by atoms with Crippen LogP contribution in [0.25, 0.3) is 0 Å². The van der Waals surface area contributed by atoms with E-state index in [-0.39, 0.29) is 38.0 Å². The summed E-state index contributed by atoms with van der Waals surface area (Å²) in [4.78, 5) is 0. The van der Waals surface area contributed by atoms with Crippen LogP contribution in [0.1, 0.15) is 64.2 Å². The molecule has 0 amide bonds. The Kier molecular flexibility index (Phi) is 8.06. The second-order valence-corrected chi connectivity index (χ2v) is 9.85. The molecule has 5 heteroatoms. The van der Waals surface area contributed by atoms with E-state index in [9.17, 15) is 0 Å². The van der Waals surface area contributed by atoms with Crippen molar-refractivity contribution in [3.63, 3.8) is 0 Å². The first-order chi connectivity index (χ1) is 7.62. The molecule has 2 aliphatic rings. The molecule has 0 aromatic heterocycles. The fourth-order valence-corrected chi connectivity index (χ4v) is 6.68. The number of hydrogen-bond donors (Lipinski definition) is 0. The van der Waals surface area contributed by atoms with E-state index in [0.29, 0.717) is 0 Å². The van der Waals surface area contributed by atoms with Gasteiger partial charge in [0.05, 0.1) is 8.41 Å². The summed E-state index contributed by atoms with van der Waals surface area (Å²) in [6.45, 7) is 0. The number of halogens is 2. The van der Waals surface area contributed by atoms with Gasteiger partial charge in [-0.05, 0) is 25.7 Å². The van der Waals surface area contributed by atoms with Gasteiger partial charge in [-0.3, -0.25) is 0 Å². The van der Waals surface area contributed by atoms with Gasteiger partial charge in [0.2, 0.25) is 0 Å². The van der Waals surface area contributed by atoms with E-state index in [1.54, 1.807) is 0 Å². The average molecular weight is 323 g/mol. The molecule has 0 N–H and O–H groups in total. The average Bonchev–Trinajstić information content (AvgIpc) is 2.29. The van der Waals surface area contributed by atoms with E-state index in [4.69, 9.17) is 23.2 Å². The molecular formula is C12H21Cl2NaS2. The Morgan fingerprint density at radius 3 is 1.18 bits per heavy atom. The van der Waals surface area contributed by atoms with Gasteiger partial charge in [-0.15, -0.1) is 23.2 Å². The zero-order chi connectivity index (χ0) is 11.5. The van der Waals surface area contributed by atoms with Crippen LogP contribution in [0.3, 0.4) is 0 Å². The minimum absolute atomic E-state index is 0. The summed E-state index contributed by atoms with van der Waals surface area (Å²) in [5.74, 6) is 0. The molecule has 0 nitrogen and oxygen atoms in total. The maximum atomic E-state index is 6.64. The van der Waals surface area contributed by atoms with Crippen molar-refractivity contribution in [2.24, 2.45) is 0 Å². The standard InChI is InChI=1S/C12H20Cl2S2.Na.H/c13-11(7-3-1-4-8-11)15-16-12(14)9-5-2-6-10-12;;/h1-10H2;;. The molecule has 0 unspecified atom stereocenters. The summed E-state index contributed by atoms with van der Waals surface area (Å²) in [6.07, 6.45) is 12.4. The SMILES string of the molecule is ClC1(SSC2(Cl)CCCCC2)CCCCC1.[NaH]. The Balaban J connectivity index is 0.00000144. The molecule has 2 saturated carbocycles. The topological polar surface area (TPSA) is 0 Å². The van der Waals surface area contributed by atoms with Gasteiger partial charge in [0, 0.05) is 0 Å². The number of hydrogen-bond acceptors (Lipinski definition) is 2. The van der Waals surface area contributed by atoms with Crippen molar-refractivity contribution in [3.05, 3.63) is 0 Å². The zero-order valence-corrected chi connectivity index (χ0v) is 12.8. The van der Waals surface area contributed by atoms with E-state index >= 15 is 0 Å². The van der Waals surface area contributed by atoms with Gasteiger partial charge in [-0.2, -0.15) is 0 Å². The number of rotatable bonds is 3. The molecule has 0 heterocycles. The van der Waals surface area contributed by atoms with Crippen molar-refractivity contribution in [1.29, 1.82) is 0 Å². The summed E-state index contributed by atoms with van der Waals surface area (Å²) in [5, 5.41) is 0. The molecule has 0 saturated heterocycles. The zero-order valence-electron chi connectivity index (χ0n) is 9.64. The first-order valence-corrected chi connectivity index (χ1v) is 9.27. The molecule has 0 atom stereocenters. The van der Waals surface area contributed by atoms with Crippen molar-refractivity contribution < 1.29 is 0 Å². The first kappa shape index (κ1) is 17.3. The quantitative estimate of drug-likeness (QED) is 0.381. The maximum absolute atomic E-state index is 6.64. The molecule has 0 radical (unpaired) electrons. The van der Waals surface area contributed by atoms with Crippen molar-refractivity contribution in [3.8, 4) is 0 Å². The summed E-state index contributed by atoms with van der Waals surface area (Å²) in [5.41, 5.74) is 0. The van der Waals surface area contributed by atoms with E-state index in [2.05, 4.69) is 0 Å². The third-order valence-corrected chi connectivity index (χ3v) is 8.97. The molecule has 2 aliphatic carbocycles. The number of alkyl halides is 2. The van der Waals surface area contributed by atoms with Gasteiger partial charge in [-0.1, -0.05) is 60.1 Å². The predicted molar refractivity (Wildman–Crippen MR) is 85.7 cm³/mol. The second-order valence-electron chi connectivity index (χ2n) is 5.05. The Morgan fingerprint density at radius 2 is 0.882 bits per heavy atom. The monoisotopic (exact) mass is 322 g/mol. The van der Waals surface area contributed by atoms with Crippen LogP contribution >= 0.6 is 44.8 Å². The van der Waals surface area contributed by atoms with Crippen LogP contribution in [0.15, 0.2) is 0 Å². The molecule has 0 spiro atoms.